The number of hydrogen-bond acceptors (Lipinski definition) is 6. The summed E-state index contributed by atoms with van der Waals surface area (Å²) in [7, 11) is 1.41. The van der Waals surface area contributed by atoms with E-state index in [1.54, 1.807) is 54.6 Å². The number of amides is 4. The van der Waals surface area contributed by atoms with E-state index in [4.69, 9.17) is 27.9 Å². The lowest BCUT2D eigenvalue weighted by atomic mass is 9.57. The molecule has 8 nitrogen and oxygen atoms in total. The molecule has 7 rings (SSSR count). The Morgan fingerprint density at radius 3 is 2.21 bits per heavy atom. The van der Waals surface area contributed by atoms with Crippen molar-refractivity contribution in [3.05, 3.63) is 108 Å². The first-order valence-corrected chi connectivity index (χ1v) is 16.1. The molecule has 2 saturated heterocycles. The third kappa shape index (κ3) is 4.48. The van der Waals surface area contributed by atoms with Gasteiger partial charge in [0.15, 0.2) is 21.2 Å². The van der Waals surface area contributed by atoms with Crippen LogP contribution in [0.3, 0.4) is 0 Å². The van der Waals surface area contributed by atoms with E-state index in [2.05, 4.69) is 6.58 Å². The Kier molecular flexibility index (Phi) is 7.60. The lowest BCUT2D eigenvalue weighted by Crippen LogP contribution is -2.60. The number of ether oxygens (including phenoxy) is 1. The molecule has 0 spiro atoms. The topological polar surface area (TPSA) is 104 Å². The van der Waals surface area contributed by atoms with Gasteiger partial charge in [-0.2, -0.15) is 0 Å². The Balaban J connectivity index is 1.35. The molecule has 1 N–H and O–H groups in total. The van der Waals surface area contributed by atoms with Crippen molar-refractivity contribution in [1.29, 1.82) is 0 Å². The van der Waals surface area contributed by atoms with Gasteiger partial charge in [-0.05, 0) is 78.4 Å². The van der Waals surface area contributed by atoms with Gasteiger partial charge in [0.05, 0.1) is 30.3 Å². The van der Waals surface area contributed by atoms with Gasteiger partial charge in [0.1, 0.15) is 5.82 Å². The standard InChI is InChI=1S/C37H29Cl2FN2O6/c1-3-20-4-10-23(11-5-20)41-32(44)26-15-14-25-27(31(26)33(41)45)19-36(38)34(46)42(24-12-8-22(40)9-13-24)35(47)37(36,39)28(25)16-6-21-7-17-29(43)30(18-21)48-2/h3-14,16-18,26-28,31,43H,1,15,19H2,2H3/t26-,27+,28-,31-,36+,37-/m0/s1. The zero-order valence-electron chi connectivity index (χ0n) is 25.6. The fraction of sp³-hybridized carbons (Fsp3) is 0.243. The van der Waals surface area contributed by atoms with Crippen LogP contribution in [0.4, 0.5) is 15.8 Å². The fourth-order valence-electron chi connectivity index (χ4n) is 7.67. The third-order valence-corrected chi connectivity index (χ3v) is 11.5. The smallest absolute Gasteiger partial charge is 0.258 e. The number of anilines is 2. The minimum atomic E-state index is -2.04. The van der Waals surface area contributed by atoms with Crippen molar-refractivity contribution in [2.75, 3.05) is 16.9 Å². The van der Waals surface area contributed by atoms with E-state index in [0.29, 0.717) is 16.8 Å². The number of imide groups is 2. The zero-order chi connectivity index (χ0) is 34.1. The van der Waals surface area contributed by atoms with Crippen LogP contribution in [-0.2, 0) is 19.2 Å². The normalized spacial score (nSPS) is 29.5. The van der Waals surface area contributed by atoms with Crippen molar-refractivity contribution in [2.45, 2.75) is 22.6 Å². The van der Waals surface area contributed by atoms with Crippen LogP contribution >= 0.6 is 23.2 Å². The number of halogens is 3. The van der Waals surface area contributed by atoms with E-state index in [0.717, 1.165) is 22.6 Å². The molecule has 1 saturated carbocycles. The van der Waals surface area contributed by atoms with Crippen LogP contribution in [0.2, 0.25) is 0 Å². The molecular formula is C37H29Cl2FN2O6. The van der Waals surface area contributed by atoms with Gasteiger partial charge in [-0.3, -0.25) is 24.1 Å². The van der Waals surface area contributed by atoms with Crippen molar-refractivity contribution in [2.24, 2.45) is 23.7 Å². The van der Waals surface area contributed by atoms with E-state index in [1.807, 2.05) is 6.08 Å². The first kappa shape index (κ1) is 31.8. The SMILES string of the molecule is C=Cc1ccc(N2C(=O)[C@H]3[C@H](CC=C4[C@H]3C[C@@]3(Cl)C(=O)N(c5ccc(F)cc5)C(=O)[C@@]3(Cl)[C@H]4C=Cc3ccc(O)c(OC)c3)C2=O)cc1. The van der Waals surface area contributed by atoms with E-state index in [-0.39, 0.29) is 35.9 Å². The predicted octanol–water partition coefficient (Wildman–Crippen LogP) is 6.50. The highest BCUT2D eigenvalue weighted by molar-refractivity contribution is 6.58. The van der Waals surface area contributed by atoms with E-state index < -0.39 is 57.0 Å². The number of rotatable bonds is 6. The first-order chi connectivity index (χ1) is 22.9. The molecule has 4 amide bonds. The maximum atomic E-state index is 14.4. The lowest BCUT2D eigenvalue weighted by molar-refractivity contribution is -0.125. The van der Waals surface area contributed by atoms with Crippen LogP contribution in [0.1, 0.15) is 24.0 Å². The average Bonchev–Trinajstić information content (AvgIpc) is 3.43. The van der Waals surface area contributed by atoms with Crippen LogP contribution in [0.15, 0.2) is 91.0 Å². The number of fused-ring (bicyclic) bond motifs is 4. The highest BCUT2D eigenvalue weighted by atomic mass is 35.5. The molecule has 2 aliphatic heterocycles. The summed E-state index contributed by atoms with van der Waals surface area (Å²) in [5.74, 6) is -6.05. The monoisotopic (exact) mass is 686 g/mol. The Bertz CT molecular complexity index is 1960. The maximum absolute atomic E-state index is 14.4. The van der Waals surface area contributed by atoms with Gasteiger partial charge in [0.25, 0.3) is 11.8 Å². The fourth-order valence-corrected chi connectivity index (χ4v) is 8.56. The Hall–Kier alpha value is -4.73. The number of carbonyl (C=O) groups excluding carboxylic acids is 4. The van der Waals surface area contributed by atoms with Gasteiger partial charge in [-0.25, -0.2) is 9.29 Å². The molecule has 3 aromatic rings. The second-order valence-electron chi connectivity index (χ2n) is 12.4. The predicted molar refractivity (Wildman–Crippen MR) is 180 cm³/mol. The minimum Gasteiger partial charge on any atom is -0.504 e. The summed E-state index contributed by atoms with van der Waals surface area (Å²) in [4.78, 5) is 54.7. The van der Waals surface area contributed by atoms with Gasteiger partial charge < -0.3 is 9.84 Å². The second-order valence-corrected chi connectivity index (χ2v) is 13.6. The van der Waals surface area contributed by atoms with E-state index >= 15 is 0 Å². The number of aromatic hydroxyl groups is 1. The lowest BCUT2D eigenvalue weighted by Gasteiger charge is -2.49. The number of benzene rings is 3. The average molecular weight is 688 g/mol. The molecule has 4 aliphatic rings. The number of carbonyl (C=O) groups is 4. The van der Waals surface area contributed by atoms with E-state index in [9.17, 15) is 28.7 Å². The van der Waals surface area contributed by atoms with Gasteiger partial charge in [-0.15, -0.1) is 23.2 Å². The molecule has 244 valence electrons. The number of phenols is 1. The summed E-state index contributed by atoms with van der Waals surface area (Å²) in [6.45, 7) is 3.75. The summed E-state index contributed by atoms with van der Waals surface area (Å²) >= 11 is 14.7. The minimum absolute atomic E-state index is 0.0680. The molecule has 2 heterocycles. The van der Waals surface area contributed by atoms with Crippen LogP contribution in [-0.4, -0.2) is 45.6 Å². The Morgan fingerprint density at radius 1 is 0.896 bits per heavy atom. The summed E-state index contributed by atoms with van der Waals surface area (Å²) in [5.41, 5.74) is 2.56. The largest absolute Gasteiger partial charge is 0.504 e. The van der Waals surface area contributed by atoms with Crippen molar-refractivity contribution in [3.8, 4) is 11.5 Å². The van der Waals surface area contributed by atoms with Gasteiger partial charge in [0.2, 0.25) is 11.8 Å². The summed E-state index contributed by atoms with van der Waals surface area (Å²) in [5, 5.41) is 10.1. The zero-order valence-corrected chi connectivity index (χ0v) is 27.1. The molecule has 0 aromatic heterocycles. The van der Waals surface area contributed by atoms with Crippen molar-refractivity contribution < 1.29 is 33.4 Å². The number of allylic oxidation sites excluding steroid dienone is 3. The van der Waals surface area contributed by atoms with Crippen LogP contribution < -0.4 is 14.5 Å². The Labute approximate surface area is 285 Å². The quantitative estimate of drug-likeness (QED) is 0.181. The van der Waals surface area contributed by atoms with Crippen LogP contribution in [0.25, 0.3) is 12.2 Å². The Morgan fingerprint density at radius 2 is 1.54 bits per heavy atom. The number of methoxy groups -OCH3 is 1. The van der Waals surface area contributed by atoms with Crippen LogP contribution in [0.5, 0.6) is 11.5 Å². The molecule has 11 heteroatoms. The summed E-state index contributed by atoms with van der Waals surface area (Å²) in [6.07, 6.45) is 6.87. The highest BCUT2D eigenvalue weighted by Crippen LogP contribution is 2.63. The van der Waals surface area contributed by atoms with Crippen molar-refractivity contribution >= 4 is 70.4 Å². The molecule has 3 fully saturated rings. The number of hydrogen-bond donors (Lipinski definition) is 1. The highest BCUT2D eigenvalue weighted by Gasteiger charge is 2.76. The van der Waals surface area contributed by atoms with Crippen molar-refractivity contribution in [3.63, 3.8) is 0 Å². The summed E-state index contributed by atoms with van der Waals surface area (Å²) < 4.78 is 19.1. The third-order valence-electron chi connectivity index (χ3n) is 10.0. The molecule has 0 unspecified atom stereocenters. The maximum Gasteiger partial charge on any atom is 0.258 e. The van der Waals surface area contributed by atoms with Crippen LogP contribution in [0, 0.1) is 29.5 Å². The number of phenolic OH excluding ortho intramolecular Hbond substituents is 1. The molecule has 2 aliphatic carbocycles. The van der Waals surface area contributed by atoms with Crippen molar-refractivity contribution in [1.82, 2.24) is 0 Å². The van der Waals surface area contributed by atoms with Gasteiger partial charge >= 0.3 is 0 Å². The number of alkyl halides is 2. The molecule has 48 heavy (non-hydrogen) atoms. The molecule has 3 aromatic carbocycles. The number of nitrogens with zero attached hydrogens (tertiary/aromatic N) is 2. The van der Waals surface area contributed by atoms with Gasteiger partial charge in [0, 0.05) is 5.92 Å². The second kappa shape index (κ2) is 11.5. The molecule has 6 atom stereocenters. The van der Waals surface area contributed by atoms with E-state index in [1.165, 1.54) is 30.2 Å². The summed E-state index contributed by atoms with van der Waals surface area (Å²) in [6, 6.07) is 16.4. The molecule has 0 radical (unpaired) electrons. The molecule has 0 bridgehead atoms. The molecular weight excluding hydrogens is 658 g/mol. The first-order valence-electron chi connectivity index (χ1n) is 15.3. The van der Waals surface area contributed by atoms with Gasteiger partial charge in [-0.1, -0.05) is 54.7 Å².